The van der Waals surface area contributed by atoms with Crippen molar-refractivity contribution >= 4 is 17.6 Å². The second-order valence-electron chi connectivity index (χ2n) is 7.55. The monoisotopic (exact) mass is 424 g/mol. The molecule has 0 aliphatic heterocycles. The van der Waals surface area contributed by atoms with Crippen molar-refractivity contribution in [2.75, 3.05) is 32.6 Å². The first-order valence-electron chi connectivity index (χ1n) is 10.8. The van der Waals surface area contributed by atoms with Crippen LogP contribution in [-0.2, 0) is 11.3 Å². The molecule has 7 heteroatoms. The Bertz CT molecular complexity index is 861. The van der Waals surface area contributed by atoms with Crippen LogP contribution in [0.1, 0.15) is 31.2 Å². The van der Waals surface area contributed by atoms with E-state index >= 15 is 0 Å². The van der Waals surface area contributed by atoms with Gasteiger partial charge in [-0.05, 0) is 54.8 Å². The summed E-state index contributed by atoms with van der Waals surface area (Å²) in [6.45, 7) is 1.73. The van der Waals surface area contributed by atoms with Crippen LogP contribution in [0.5, 0.6) is 11.5 Å². The summed E-state index contributed by atoms with van der Waals surface area (Å²) >= 11 is 0. The Kier molecular flexibility index (Phi) is 8.58. The number of nitrogens with one attached hydrogen (secondary N) is 3. The fourth-order valence-corrected chi connectivity index (χ4v) is 3.61. The predicted molar refractivity (Wildman–Crippen MR) is 124 cm³/mol. The number of aliphatic imine (C=N–C) groups is 1. The number of carbonyl (C=O) groups is 1. The van der Waals surface area contributed by atoms with E-state index in [4.69, 9.17) is 9.47 Å². The zero-order valence-electron chi connectivity index (χ0n) is 18.3. The summed E-state index contributed by atoms with van der Waals surface area (Å²) in [7, 11) is 3.37. The molecule has 3 N–H and O–H groups in total. The minimum absolute atomic E-state index is 0.136. The van der Waals surface area contributed by atoms with Gasteiger partial charge in [0.05, 0.1) is 13.7 Å². The largest absolute Gasteiger partial charge is 0.497 e. The number of anilines is 1. The van der Waals surface area contributed by atoms with Crippen LogP contribution in [0.15, 0.2) is 53.5 Å². The van der Waals surface area contributed by atoms with Crippen molar-refractivity contribution in [1.29, 1.82) is 0 Å². The summed E-state index contributed by atoms with van der Waals surface area (Å²) in [6, 6.07) is 15.4. The number of amides is 1. The third-order valence-electron chi connectivity index (χ3n) is 5.33. The Labute approximate surface area is 184 Å². The van der Waals surface area contributed by atoms with Crippen LogP contribution < -0.4 is 25.4 Å². The lowest BCUT2D eigenvalue weighted by atomic mass is 10.1. The van der Waals surface area contributed by atoms with Gasteiger partial charge in [-0.25, -0.2) is 0 Å². The van der Waals surface area contributed by atoms with Gasteiger partial charge in [0.25, 0.3) is 0 Å². The number of rotatable bonds is 9. The lowest BCUT2D eigenvalue weighted by molar-refractivity contribution is -0.119. The van der Waals surface area contributed by atoms with Gasteiger partial charge in [0, 0.05) is 25.2 Å². The lowest BCUT2D eigenvalue weighted by Gasteiger charge is -2.14. The van der Waals surface area contributed by atoms with E-state index in [1.54, 1.807) is 14.2 Å². The van der Waals surface area contributed by atoms with Crippen molar-refractivity contribution in [1.82, 2.24) is 10.6 Å². The molecule has 0 saturated heterocycles. The summed E-state index contributed by atoms with van der Waals surface area (Å²) in [5.74, 6) is 2.58. The highest BCUT2D eigenvalue weighted by Crippen LogP contribution is 2.26. The van der Waals surface area contributed by atoms with Gasteiger partial charge in [-0.3, -0.25) is 9.79 Å². The van der Waals surface area contributed by atoms with E-state index in [-0.39, 0.29) is 11.8 Å². The highest BCUT2D eigenvalue weighted by atomic mass is 16.5. The van der Waals surface area contributed by atoms with Gasteiger partial charge in [-0.1, -0.05) is 25.0 Å². The molecule has 3 rings (SSSR count). The van der Waals surface area contributed by atoms with Crippen LogP contribution in [0.2, 0.25) is 0 Å². The van der Waals surface area contributed by atoms with E-state index < -0.39 is 0 Å². The minimum atomic E-state index is 0.136. The van der Waals surface area contributed by atoms with Crippen molar-refractivity contribution < 1.29 is 14.3 Å². The van der Waals surface area contributed by atoms with Gasteiger partial charge < -0.3 is 25.4 Å². The number of hydrogen-bond acceptors (Lipinski definition) is 4. The molecule has 1 aliphatic rings. The number of carbonyl (C=O) groups excluding carboxylic acids is 1. The van der Waals surface area contributed by atoms with E-state index in [2.05, 4.69) is 20.9 Å². The van der Waals surface area contributed by atoms with Gasteiger partial charge in [-0.15, -0.1) is 0 Å². The molecule has 2 aromatic carbocycles. The van der Waals surface area contributed by atoms with Gasteiger partial charge in [0.15, 0.2) is 5.96 Å². The Hall–Kier alpha value is -3.22. The Morgan fingerprint density at radius 2 is 1.81 bits per heavy atom. The number of nitrogens with zero attached hydrogens (tertiary/aromatic N) is 1. The molecule has 0 aromatic heterocycles. The average molecular weight is 425 g/mol. The Morgan fingerprint density at radius 3 is 2.52 bits per heavy atom. The molecular formula is C24H32N4O3. The standard InChI is InChI=1S/C24H32N4O3/c1-25-24(26-14-15-31-22-12-10-21(30-2)11-13-22)27-17-18-6-5-9-20(16-18)28-23(29)19-7-3-4-8-19/h5-6,9-13,16,19H,3-4,7-8,14-15,17H2,1-2H3,(H,28,29)(H2,25,26,27). The number of benzene rings is 2. The highest BCUT2D eigenvalue weighted by Gasteiger charge is 2.22. The molecule has 2 aromatic rings. The summed E-state index contributed by atoms with van der Waals surface area (Å²) in [5.41, 5.74) is 1.91. The Morgan fingerprint density at radius 1 is 1.06 bits per heavy atom. The molecule has 1 aliphatic carbocycles. The molecular weight excluding hydrogens is 392 g/mol. The van der Waals surface area contributed by atoms with E-state index in [1.807, 2.05) is 48.5 Å². The van der Waals surface area contributed by atoms with Crippen molar-refractivity contribution in [2.24, 2.45) is 10.9 Å². The maximum Gasteiger partial charge on any atom is 0.227 e. The van der Waals surface area contributed by atoms with Crippen molar-refractivity contribution in [3.05, 3.63) is 54.1 Å². The second kappa shape index (κ2) is 11.8. The van der Waals surface area contributed by atoms with Gasteiger partial charge in [0.2, 0.25) is 5.91 Å². The minimum Gasteiger partial charge on any atom is -0.497 e. The van der Waals surface area contributed by atoms with E-state index in [9.17, 15) is 4.79 Å². The normalized spacial score (nSPS) is 14.2. The van der Waals surface area contributed by atoms with Crippen LogP contribution in [0.4, 0.5) is 5.69 Å². The summed E-state index contributed by atoms with van der Waals surface area (Å²) in [4.78, 5) is 16.6. The zero-order chi connectivity index (χ0) is 21.9. The molecule has 0 heterocycles. The quantitative estimate of drug-likeness (QED) is 0.326. The predicted octanol–water partition coefficient (Wildman–Crippen LogP) is 3.57. The van der Waals surface area contributed by atoms with Crippen LogP contribution in [0, 0.1) is 5.92 Å². The molecule has 1 fully saturated rings. The molecule has 0 spiro atoms. The highest BCUT2D eigenvalue weighted by molar-refractivity contribution is 5.92. The number of ether oxygens (including phenoxy) is 2. The maximum absolute atomic E-state index is 12.3. The fraction of sp³-hybridized carbons (Fsp3) is 0.417. The smallest absolute Gasteiger partial charge is 0.227 e. The van der Waals surface area contributed by atoms with Crippen LogP contribution >= 0.6 is 0 Å². The summed E-state index contributed by atoms with van der Waals surface area (Å²) < 4.78 is 10.9. The van der Waals surface area contributed by atoms with Crippen LogP contribution in [0.25, 0.3) is 0 Å². The first-order valence-corrected chi connectivity index (χ1v) is 10.8. The molecule has 7 nitrogen and oxygen atoms in total. The Balaban J connectivity index is 1.39. The molecule has 166 valence electrons. The van der Waals surface area contributed by atoms with Gasteiger partial charge >= 0.3 is 0 Å². The second-order valence-corrected chi connectivity index (χ2v) is 7.55. The van der Waals surface area contributed by atoms with Gasteiger partial charge in [0.1, 0.15) is 18.1 Å². The van der Waals surface area contributed by atoms with E-state index in [1.165, 1.54) is 0 Å². The van der Waals surface area contributed by atoms with Crippen molar-refractivity contribution in [3.8, 4) is 11.5 Å². The number of methoxy groups -OCH3 is 1. The average Bonchev–Trinajstić information content (AvgIpc) is 3.34. The topological polar surface area (TPSA) is 84.0 Å². The summed E-state index contributed by atoms with van der Waals surface area (Å²) in [5, 5.41) is 9.58. The van der Waals surface area contributed by atoms with Crippen molar-refractivity contribution in [3.63, 3.8) is 0 Å². The third-order valence-corrected chi connectivity index (χ3v) is 5.33. The zero-order valence-corrected chi connectivity index (χ0v) is 18.3. The third kappa shape index (κ3) is 7.20. The van der Waals surface area contributed by atoms with Crippen molar-refractivity contribution in [2.45, 2.75) is 32.2 Å². The lowest BCUT2D eigenvalue weighted by Crippen LogP contribution is -2.38. The fourth-order valence-electron chi connectivity index (χ4n) is 3.61. The van der Waals surface area contributed by atoms with Crippen LogP contribution in [-0.4, -0.2) is 39.2 Å². The van der Waals surface area contributed by atoms with Crippen LogP contribution in [0.3, 0.4) is 0 Å². The van der Waals surface area contributed by atoms with Gasteiger partial charge in [-0.2, -0.15) is 0 Å². The first-order chi connectivity index (χ1) is 15.2. The summed E-state index contributed by atoms with van der Waals surface area (Å²) in [6.07, 6.45) is 4.30. The molecule has 1 saturated carbocycles. The first kappa shape index (κ1) is 22.5. The molecule has 0 bridgehead atoms. The molecule has 1 amide bonds. The molecule has 0 atom stereocenters. The SMILES string of the molecule is CN=C(NCCOc1ccc(OC)cc1)NCc1cccc(NC(=O)C2CCCC2)c1. The molecule has 31 heavy (non-hydrogen) atoms. The molecule has 0 radical (unpaired) electrons. The number of hydrogen-bond donors (Lipinski definition) is 3. The maximum atomic E-state index is 12.3. The van der Waals surface area contributed by atoms with E-state index in [0.717, 1.165) is 48.4 Å². The molecule has 0 unspecified atom stereocenters. The van der Waals surface area contributed by atoms with E-state index in [0.29, 0.717) is 25.7 Å². The number of guanidine groups is 1.